The summed E-state index contributed by atoms with van der Waals surface area (Å²) in [6, 6.07) is 13.3. The molecule has 0 unspecified atom stereocenters. The summed E-state index contributed by atoms with van der Waals surface area (Å²) >= 11 is 0. The van der Waals surface area contributed by atoms with Crippen molar-refractivity contribution in [2.75, 3.05) is 44.2 Å². The number of piperazine rings is 1. The number of anilines is 1. The minimum absolute atomic E-state index is 0.195. The maximum atomic E-state index is 15.0. The summed E-state index contributed by atoms with van der Waals surface area (Å²) < 4.78 is 22.6. The first-order valence-corrected chi connectivity index (χ1v) is 13.3. The minimum atomic E-state index is -0.505. The Balaban J connectivity index is 1.08. The number of nitrogens with zero attached hydrogens (tertiary/aromatic N) is 5. The molecule has 0 atom stereocenters. The Morgan fingerprint density at radius 3 is 2.68 bits per heavy atom. The summed E-state index contributed by atoms with van der Waals surface area (Å²) in [5.41, 5.74) is 4.29. The fourth-order valence-electron chi connectivity index (χ4n) is 5.58. The van der Waals surface area contributed by atoms with Gasteiger partial charge < -0.3 is 14.5 Å². The lowest BCUT2D eigenvalue weighted by Crippen LogP contribution is -2.47. The SMILES string of the molecule is Cn1ncc2c1Cc1ccccc1N(C(=O)c1ccc(OCCCN3CCN(C4CC4)CC3)c(F)c1)C2. The molecule has 2 fully saturated rings. The normalized spacial score (nSPS) is 18.3. The maximum absolute atomic E-state index is 15.0. The molecule has 2 aromatic carbocycles. The van der Waals surface area contributed by atoms with E-state index in [1.54, 1.807) is 17.0 Å². The van der Waals surface area contributed by atoms with Crippen molar-refractivity contribution in [3.8, 4) is 5.75 Å². The molecule has 2 aliphatic heterocycles. The highest BCUT2D eigenvalue weighted by atomic mass is 19.1. The van der Waals surface area contributed by atoms with E-state index in [0.717, 1.165) is 67.7 Å². The largest absolute Gasteiger partial charge is 0.490 e. The zero-order valence-corrected chi connectivity index (χ0v) is 21.4. The smallest absolute Gasteiger partial charge is 0.258 e. The minimum Gasteiger partial charge on any atom is -0.490 e. The Hall–Kier alpha value is -3.23. The second-order valence-corrected chi connectivity index (χ2v) is 10.4. The van der Waals surface area contributed by atoms with Crippen molar-refractivity contribution < 1.29 is 13.9 Å². The lowest BCUT2D eigenvalue weighted by atomic mass is 10.1. The summed E-state index contributed by atoms with van der Waals surface area (Å²) in [5.74, 6) is -0.546. The van der Waals surface area contributed by atoms with E-state index in [9.17, 15) is 9.18 Å². The van der Waals surface area contributed by atoms with Crippen molar-refractivity contribution in [3.63, 3.8) is 0 Å². The van der Waals surface area contributed by atoms with Gasteiger partial charge in [0, 0.05) is 74.7 Å². The molecule has 6 rings (SSSR count). The highest BCUT2D eigenvalue weighted by Gasteiger charge is 2.31. The second kappa shape index (κ2) is 10.3. The quantitative estimate of drug-likeness (QED) is 0.459. The van der Waals surface area contributed by atoms with Gasteiger partial charge in [-0.05, 0) is 49.1 Å². The number of amides is 1. The fraction of sp³-hybridized carbons (Fsp3) is 0.448. The van der Waals surface area contributed by atoms with Crippen LogP contribution in [0.5, 0.6) is 5.75 Å². The zero-order valence-electron chi connectivity index (χ0n) is 21.4. The van der Waals surface area contributed by atoms with Gasteiger partial charge in [-0.15, -0.1) is 0 Å². The van der Waals surface area contributed by atoms with Crippen LogP contribution in [0.4, 0.5) is 10.1 Å². The Labute approximate surface area is 217 Å². The highest BCUT2D eigenvalue weighted by Crippen LogP contribution is 2.32. The van der Waals surface area contributed by atoms with Gasteiger partial charge in [-0.2, -0.15) is 5.10 Å². The van der Waals surface area contributed by atoms with Gasteiger partial charge in [-0.3, -0.25) is 14.4 Å². The van der Waals surface area contributed by atoms with E-state index in [1.807, 2.05) is 42.2 Å². The van der Waals surface area contributed by atoms with Crippen LogP contribution in [0.15, 0.2) is 48.7 Å². The molecule has 3 aliphatic rings. The van der Waals surface area contributed by atoms with Crippen LogP contribution >= 0.6 is 0 Å². The van der Waals surface area contributed by atoms with Crippen LogP contribution in [0, 0.1) is 5.82 Å². The highest BCUT2D eigenvalue weighted by molar-refractivity contribution is 6.06. The molecular formula is C29H34FN5O2. The van der Waals surface area contributed by atoms with E-state index in [2.05, 4.69) is 14.9 Å². The number of carbonyl (C=O) groups excluding carboxylic acids is 1. The molecule has 37 heavy (non-hydrogen) atoms. The van der Waals surface area contributed by atoms with Crippen molar-refractivity contribution in [3.05, 3.63) is 76.9 Å². The molecule has 8 heteroatoms. The number of para-hydroxylation sites is 1. The van der Waals surface area contributed by atoms with E-state index in [1.165, 1.54) is 18.9 Å². The number of halogens is 1. The summed E-state index contributed by atoms with van der Waals surface area (Å²) in [6.07, 6.45) is 6.08. The molecular weight excluding hydrogens is 469 g/mol. The van der Waals surface area contributed by atoms with Crippen molar-refractivity contribution in [1.29, 1.82) is 0 Å². The predicted molar refractivity (Wildman–Crippen MR) is 141 cm³/mol. The summed E-state index contributed by atoms with van der Waals surface area (Å²) in [6.45, 7) is 6.31. The number of benzene rings is 2. The topological polar surface area (TPSA) is 53.8 Å². The molecule has 0 radical (unpaired) electrons. The van der Waals surface area contributed by atoms with Gasteiger partial charge in [0.15, 0.2) is 11.6 Å². The van der Waals surface area contributed by atoms with Gasteiger partial charge in [0.1, 0.15) is 0 Å². The fourth-order valence-corrected chi connectivity index (χ4v) is 5.58. The van der Waals surface area contributed by atoms with Crippen LogP contribution in [0.1, 0.15) is 46.4 Å². The molecule has 1 aliphatic carbocycles. The first-order chi connectivity index (χ1) is 18.1. The van der Waals surface area contributed by atoms with Gasteiger partial charge in [0.2, 0.25) is 0 Å². The lowest BCUT2D eigenvalue weighted by molar-refractivity contribution is 0.0984. The molecule has 7 nitrogen and oxygen atoms in total. The Bertz CT molecular complexity index is 1280. The van der Waals surface area contributed by atoms with Crippen LogP contribution in [0.2, 0.25) is 0 Å². The monoisotopic (exact) mass is 503 g/mol. The van der Waals surface area contributed by atoms with Crippen LogP contribution < -0.4 is 9.64 Å². The van der Waals surface area contributed by atoms with Gasteiger partial charge in [0.05, 0.1) is 19.3 Å². The Kier molecular flexibility index (Phi) is 6.69. The molecule has 1 amide bonds. The Morgan fingerprint density at radius 2 is 1.89 bits per heavy atom. The molecule has 0 N–H and O–H groups in total. The number of fused-ring (bicyclic) bond motifs is 2. The molecule has 0 bridgehead atoms. The van der Waals surface area contributed by atoms with E-state index in [-0.39, 0.29) is 11.7 Å². The molecule has 1 saturated carbocycles. The molecule has 1 aromatic heterocycles. The number of ether oxygens (including phenoxy) is 1. The third kappa shape index (κ3) is 5.13. The molecule has 194 valence electrons. The summed E-state index contributed by atoms with van der Waals surface area (Å²) in [5, 5.41) is 4.38. The first kappa shape index (κ1) is 24.1. The Morgan fingerprint density at radius 1 is 1.08 bits per heavy atom. The third-order valence-electron chi connectivity index (χ3n) is 7.89. The van der Waals surface area contributed by atoms with Crippen LogP contribution in [0.3, 0.4) is 0 Å². The van der Waals surface area contributed by atoms with Crippen LogP contribution in [-0.4, -0.2) is 70.9 Å². The number of hydrogen-bond donors (Lipinski definition) is 0. The van der Waals surface area contributed by atoms with Crippen molar-refractivity contribution in [2.24, 2.45) is 7.05 Å². The van der Waals surface area contributed by atoms with Crippen LogP contribution in [0.25, 0.3) is 0 Å². The van der Waals surface area contributed by atoms with Crippen LogP contribution in [-0.2, 0) is 20.0 Å². The first-order valence-electron chi connectivity index (χ1n) is 13.3. The lowest BCUT2D eigenvalue weighted by Gasteiger charge is -2.34. The second-order valence-electron chi connectivity index (χ2n) is 10.4. The summed E-state index contributed by atoms with van der Waals surface area (Å²) in [7, 11) is 1.92. The zero-order chi connectivity index (χ0) is 25.4. The number of carbonyl (C=O) groups is 1. The van der Waals surface area contributed by atoms with Gasteiger partial charge in [-0.1, -0.05) is 18.2 Å². The third-order valence-corrected chi connectivity index (χ3v) is 7.89. The molecule has 3 heterocycles. The molecule has 0 spiro atoms. The van der Waals surface area contributed by atoms with Crippen molar-refractivity contribution in [2.45, 2.75) is 38.3 Å². The summed E-state index contributed by atoms with van der Waals surface area (Å²) in [4.78, 5) is 20.4. The molecule has 1 saturated heterocycles. The number of aryl methyl sites for hydroxylation is 1. The van der Waals surface area contributed by atoms with Gasteiger partial charge in [-0.25, -0.2) is 4.39 Å². The average Bonchev–Trinajstić information content (AvgIpc) is 3.73. The molecule has 3 aromatic rings. The van der Waals surface area contributed by atoms with Crippen molar-refractivity contribution in [1.82, 2.24) is 19.6 Å². The predicted octanol–water partition coefficient (Wildman–Crippen LogP) is 3.86. The van der Waals surface area contributed by atoms with Gasteiger partial charge >= 0.3 is 0 Å². The van der Waals surface area contributed by atoms with E-state index in [4.69, 9.17) is 4.74 Å². The standard InChI is InChI=1S/C29H34FN5O2/c1-32-27-18-21-5-2-3-6-26(21)35(20-23(27)19-31-32)29(36)22-7-10-28(25(30)17-22)37-16-4-11-33-12-14-34(15-13-33)24-8-9-24/h2-3,5-7,10,17,19,24H,4,8-9,11-16,18,20H2,1H3. The number of rotatable bonds is 7. The van der Waals surface area contributed by atoms with Crippen molar-refractivity contribution >= 4 is 11.6 Å². The number of aromatic nitrogens is 2. The van der Waals surface area contributed by atoms with E-state index in [0.29, 0.717) is 25.1 Å². The number of hydrogen-bond acceptors (Lipinski definition) is 5. The van der Waals surface area contributed by atoms with E-state index >= 15 is 0 Å². The maximum Gasteiger partial charge on any atom is 0.258 e. The van der Waals surface area contributed by atoms with Gasteiger partial charge in [0.25, 0.3) is 5.91 Å². The van der Waals surface area contributed by atoms with E-state index < -0.39 is 5.82 Å². The average molecular weight is 504 g/mol.